The number of carbonyl (C=O) groups excluding carboxylic acids is 2. The highest BCUT2D eigenvalue weighted by Crippen LogP contribution is 2.42. The summed E-state index contributed by atoms with van der Waals surface area (Å²) in [4.78, 5) is 28.3. The molecule has 148 valence electrons. The number of rotatable bonds is 4. The average Bonchev–Trinajstić information content (AvgIpc) is 3.09. The normalized spacial score (nSPS) is 15.8. The zero-order valence-corrected chi connectivity index (χ0v) is 16.7. The summed E-state index contributed by atoms with van der Waals surface area (Å²) in [6.45, 7) is 0. The van der Waals surface area contributed by atoms with E-state index in [0.717, 1.165) is 22.7 Å². The topological polar surface area (TPSA) is 82.5 Å². The molecule has 1 aliphatic rings. The van der Waals surface area contributed by atoms with Crippen molar-refractivity contribution in [1.29, 1.82) is 0 Å². The van der Waals surface area contributed by atoms with Crippen molar-refractivity contribution < 1.29 is 19.1 Å². The van der Waals surface area contributed by atoms with Crippen LogP contribution in [0, 0.1) is 0 Å². The standard InChI is InChI=1S/C21H19N3O4S/c1-27-16-9-7-15(8-10-16)24-12-22-20-18(24)19(29-11-17(25)23-20)13-3-5-14(6-4-13)21(26)28-2/h3-10,12,19H,11H2,1-2H3,(H,23,25)/t19-/m0/s1. The largest absolute Gasteiger partial charge is 0.497 e. The van der Waals surface area contributed by atoms with Gasteiger partial charge in [-0.15, -0.1) is 11.8 Å². The molecule has 8 heteroatoms. The average molecular weight is 409 g/mol. The smallest absolute Gasteiger partial charge is 0.337 e. The zero-order chi connectivity index (χ0) is 20.4. The molecule has 0 fully saturated rings. The Kier molecular flexibility index (Phi) is 5.26. The number of carbonyl (C=O) groups is 2. The number of ether oxygens (including phenoxy) is 2. The van der Waals surface area contributed by atoms with Crippen molar-refractivity contribution in [1.82, 2.24) is 9.55 Å². The fraction of sp³-hybridized carbons (Fsp3) is 0.190. The third-order valence-corrected chi connectivity index (χ3v) is 5.93. The molecule has 0 aliphatic carbocycles. The number of nitrogens with zero attached hydrogens (tertiary/aromatic N) is 2. The Labute approximate surface area is 172 Å². The van der Waals surface area contributed by atoms with Crippen LogP contribution in [-0.2, 0) is 9.53 Å². The van der Waals surface area contributed by atoms with Crippen molar-refractivity contribution in [2.45, 2.75) is 5.25 Å². The lowest BCUT2D eigenvalue weighted by atomic mass is 10.1. The van der Waals surface area contributed by atoms with Crippen molar-refractivity contribution in [3.05, 3.63) is 71.7 Å². The van der Waals surface area contributed by atoms with Crippen LogP contribution < -0.4 is 10.1 Å². The summed E-state index contributed by atoms with van der Waals surface area (Å²) in [5.41, 5.74) is 3.23. The van der Waals surface area contributed by atoms with E-state index in [1.165, 1.54) is 18.9 Å². The van der Waals surface area contributed by atoms with Crippen LogP contribution in [0.1, 0.15) is 26.9 Å². The molecule has 0 bridgehead atoms. The monoisotopic (exact) mass is 409 g/mol. The number of methoxy groups -OCH3 is 2. The second-order valence-electron chi connectivity index (χ2n) is 6.40. The molecule has 7 nitrogen and oxygen atoms in total. The third-order valence-electron chi connectivity index (χ3n) is 4.68. The molecular formula is C21H19N3O4S. The predicted molar refractivity (Wildman–Crippen MR) is 111 cm³/mol. The van der Waals surface area contributed by atoms with Gasteiger partial charge in [-0.05, 0) is 42.0 Å². The van der Waals surface area contributed by atoms with Crippen LogP contribution in [0.15, 0.2) is 54.9 Å². The summed E-state index contributed by atoms with van der Waals surface area (Å²) >= 11 is 1.52. The Balaban J connectivity index is 1.78. The minimum absolute atomic E-state index is 0.0927. The third kappa shape index (κ3) is 3.71. The van der Waals surface area contributed by atoms with Gasteiger partial charge >= 0.3 is 5.97 Å². The fourth-order valence-corrected chi connectivity index (χ4v) is 4.35. The Morgan fingerprint density at radius 1 is 1.14 bits per heavy atom. The maximum Gasteiger partial charge on any atom is 0.337 e. The number of nitrogens with one attached hydrogen (secondary N) is 1. The molecule has 1 atom stereocenters. The lowest BCUT2D eigenvalue weighted by Crippen LogP contribution is -2.12. The van der Waals surface area contributed by atoms with E-state index in [-0.39, 0.29) is 17.1 Å². The van der Waals surface area contributed by atoms with Crippen LogP contribution in [0.2, 0.25) is 0 Å². The Bertz CT molecular complexity index is 1040. The SMILES string of the molecule is COC(=O)c1ccc([C@@H]2SCC(=O)Nc3ncn(-c4ccc(OC)cc4)c32)cc1. The number of imidazole rings is 1. The van der Waals surface area contributed by atoms with Gasteiger partial charge in [0.15, 0.2) is 5.82 Å². The summed E-state index contributed by atoms with van der Waals surface area (Å²) in [5.74, 6) is 1.13. The highest BCUT2D eigenvalue weighted by Gasteiger charge is 2.29. The molecule has 0 saturated heterocycles. The lowest BCUT2D eigenvalue weighted by molar-refractivity contribution is -0.113. The van der Waals surface area contributed by atoms with Crippen LogP contribution in [0.4, 0.5) is 5.82 Å². The second-order valence-corrected chi connectivity index (χ2v) is 7.49. The lowest BCUT2D eigenvalue weighted by Gasteiger charge is -2.18. The number of hydrogen-bond acceptors (Lipinski definition) is 6. The van der Waals surface area contributed by atoms with Crippen molar-refractivity contribution in [2.75, 3.05) is 25.3 Å². The summed E-state index contributed by atoms with van der Waals surface area (Å²) in [5, 5.41) is 2.74. The highest BCUT2D eigenvalue weighted by atomic mass is 32.2. The van der Waals surface area contributed by atoms with Crippen LogP contribution >= 0.6 is 11.8 Å². The highest BCUT2D eigenvalue weighted by molar-refractivity contribution is 8.00. The quantitative estimate of drug-likeness (QED) is 0.665. The summed E-state index contributed by atoms with van der Waals surface area (Å²) < 4.78 is 12.0. The van der Waals surface area contributed by atoms with Gasteiger partial charge < -0.3 is 14.8 Å². The zero-order valence-electron chi connectivity index (χ0n) is 15.9. The summed E-state index contributed by atoms with van der Waals surface area (Å²) in [7, 11) is 2.98. The van der Waals surface area contributed by atoms with E-state index in [1.54, 1.807) is 25.6 Å². The first kappa shape index (κ1) is 19.1. The molecule has 1 N–H and O–H groups in total. The van der Waals surface area contributed by atoms with Gasteiger partial charge in [-0.2, -0.15) is 0 Å². The molecule has 0 spiro atoms. The minimum atomic E-state index is -0.383. The van der Waals surface area contributed by atoms with Gasteiger partial charge in [0.2, 0.25) is 5.91 Å². The first-order valence-corrected chi connectivity index (χ1v) is 9.97. The number of esters is 1. The van der Waals surface area contributed by atoms with Crippen LogP contribution in [0.5, 0.6) is 5.75 Å². The van der Waals surface area contributed by atoms with Crippen LogP contribution in [0.25, 0.3) is 5.69 Å². The van der Waals surface area contributed by atoms with Gasteiger partial charge in [0.05, 0.1) is 36.5 Å². The van der Waals surface area contributed by atoms with E-state index in [2.05, 4.69) is 10.3 Å². The van der Waals surface area contributed by atoms with E-state index in [4.69, 9.17) is 9.47 Å². The van der Waals surface area contributed by atoms with Crippen molar-refractivity contribution in [3.63, 3.8) is 0 Å². The molecule has 1 aliphatic heterocycles. The van der Waals surface area contributed by atoms with Crippen LogP contribution in [0.3, 0.4) is 0 Å². The molecule has 2 aromatic carbocycles. The maximum absolute atomic E-state index is 12.2. The van der Waals surface area contributed by atoms with Crippen molar-refractivity contribution in [2.24, 2.45) is 0 Å². The van der Waals surface area contributed by atoms with E-state index < -0.39 is 0 Å². The molecule has 29 heavy (non-hydrogen) atoms. The molecule has 1 aromatic heterocycles. The first-order chi connectivity index (χ1) is 14.1. The predicted octanol–water partition coefficient (Wildman–Crippen LogP) is 3.44. The molecule has 2 heterocycles. The number of hydrogen-bond donors (Lipinski definition) is 1. The maximum atomic E-state index is 12.2. The summed E-state index contributed by atoms with van der Waals surface area (Å²) in [6.07, 6.45) is 1.70. The molecule has 0 unspecified atom stereocenters. The van der Waals surface area contributed by atoms with Gasteiger partial charge in [0.1, 0.15) is 12.1 Å². The first-order valence-electron chi connectivity index (χ1n) is 8.92. The van der Waals surface area contributed by atoms with E-state index in [1.807, 2.05) is 41.0 Å². The Morgan fingerprint density at radius 2 is 1.86 bits per heavy atom. The second kappa shape index (κ2) is 8.00. The van der Waals surface area contributed by atoms with Crippen molar-refractivity contribution in [3.8, 4) is 11.4 Å². The number of aromatic nitrogens is 2. The minimum Gasteiger partial charge on any atom is -0.497 e. The summed E-state index contributed by atoms with van der Waals surface area (Å²) in [6, 6.07) is 14.9. The van der Waals surface area contributed by atoms with E-state index >= 15 is 0 Å². The van der Waals surface area contributed by atoms with Gasteiger partial charge in [-0.3, -0.25) is 9.36 Å². The number of benzene rings is 2. The Hall–Kier alpha value is -3.26. The number of thioether (sulfide) groups is 1. The Morgan fingerprint density at radius 3 is 2.52 bits per heavy atom. The van der Waals surface area contributed by atoms with E-state index in [9.17, 15) is 9.59 Å². The molecular weight excluding hydrogens is 390 g/mol. The molecule has 3 aromatic rings. The number of anilines is 1. The van der Waals surface area contributed by atoms with Crippen molar-refractivity contribution >= 4 is 29.5 Å². The van der Waals surface area contributed by atoms with Crippen LogP contribution in [-0.4, -0.2) is 41.4 Å². The molecule has 4 rings (SSSR count). The molecule has 0 saturated carbocycles. The number of fused-ring (bicyclic) bond motifs is 1. The van der Waals surface area contributed by atoms with Gasteiger partial charge in [0.25, 0.3) is 0 Å². The van der Waals surface area contributed by atoms with Gasteiger partial charge in [-0.1, -0.05) is 12.1 Å². The number of amides is 1. The molecule has 0 radical (unpaired) electrons. The van der Waals surface area contributed by atoms with Gasteiger partial charge in [0, 0.05) is 5.69 Å². The molecule has 1 amide bonds. The fourth-order valence-electron chi connectivity index (χ4n) is 3.23. The van der Waals surface area contributed by atoms with E-state index in [0.29, 0.717) is 17.1 Å². The van der Waals surface area contributed by atoms with Gasteiger partial charge in [-0.25, -0.2) is 9.78 Å².